The first-order chi connectivity index (χ1) is 16.4. The summed E-state index contributed by atoms with van der Waals surface area (Å²) in [5, 5.41) is 5.13. The number of hydrogen-bond donors (Lipinski definition) is 1. The van der Waals surface area contributed by atoms with E-state index in [1.54, 1.807) is 41.8 Å². The second-order valence-corrected chi connectivity index (χ2v) is 10.6. The topological polar surface area (TPSA) is 85.4 Å². The maximum atomic E-state index is 12.7. The van der Waals surface area contributed by atoms with Gasteiger partial charge in [0.25, 0.3) is 0 Å². The molecule has 0 radical (unpaired) electrons. The molecule has 3 aromatic carbocycles. The first kappa shape index (κ1) is 23.7. The Morgan fingerprint density at radius 1 is 0.971 bits per heavy atom. The third-order valence-electron chi connectivity index (χ3n) is 5.01. The van der Waals surface area contributed by atoms with Crippen LogP contribution in [0, 0.1) is 0 Å². The van der Waals surface area contributed by atoms with Crippen molar-refractivity contribution in [3.63, 3.8) is 0 Å². The predicted molar refractivity (Wildman–Crippen MR) is 136 cm³/mol. The molecule has 4 aromatic rings. The van der Waals surface area contributed by atoms with Crippen LogP contribution in [0.4, 0.5) is 5.69 Å². The molecule has 0 saturated carbocycles. The van der Waals surface area contributed by atoms with E-state index >= 15 is 0 Å². The molecular formula is C26H24N2O4S2. The van der Waals surface area contributed by atoms with Crippen LogP contribution < -0.4 is 10.1 Å². The summed E-state index contributed by atoms with van der Waals surface area (Å²) in [5.41, 5.74) is 3.00. The van der Waals surface area contributed by atoms with Gasteiger partial charge in [0.05, 0.1) is 17.1 Å². The van der Waals surface area contributed by atoms with Crippen molar-refractivity contribution in [2.24, 2.45) is 0 Å². The number of anilines is 1. The van der Waals surface area contributed by atoms with E-state index in [-0.39, 0.29) is 5.75 Å². The highest BCUT2D eigenvalue weighted by Gasteiger charge is 2.20. The molecule has 6 nitrogen and oxygen atoms in total. The first-order valence-corrected chi connectivity index (χ1v) is 13.5. The van der Waals surface area contributed by atoms with Crippen molar-refractivity contribution in [2.45, 2.75) is 19.1 Å². The number of benzene rings is 3. The van der Waals surface area contributed by atoms with E-state index in [0.717, 1.165) is 17.0 Å². The number of carbonyl (C=O) groups excluding carboxylic acids is 1. The molecule has 0 spiro atoms. The van der Waals surface area contributed by atoms with Gasteiger partial charge in [-0.3, -0.25) is 4.79 Å². The van der Waals surface area contributed by atoms with Gasteiger partial charge in [-0.15, -0.1) is 11.3 Å². The van der Waals surface area contributed by atoms with Crippen molar-refractivity contribution in [3.05, 3.63) is 95.5 Å². The van der Waals surface area contributed by atoms with E-state index in [4.69, 9.17) is 4.74 Å². The standard InChI is InChI=1S/C26H24N2O4S2/c1-2-19-12-14-20(15-13-19)26-27-21(16-33-26)17-34(30,31)18-25(29)28-23-10-6-7-11-24(23)32-22-8-4-3-5-9-22/h3-16H,2,17-18H2,1H3,(H,28,29). The molecule has 0 unspecified atom stereocenters. The Morgan fingerprint density at radius 2 is 1.68 bits per heavy atom. The van der Waals surface area contributed by atoms with E-state index < -0.39 is 21.5 Å². The SMILES string of the molecule is CCc1ccc(-c2nc(CS(=O)(=O)CC(=O)Nc3ccccc3Oc3ccccc3)cs2)cc1. The molecule has 0 saturated heterocycles. The summed E-state index contributed by atoms with van der Waals surface area (Å²) < 4.78 is 31.2. The van der Waals surface area contributed by atoms with Crippen molar-refractivity contribution in [3.8, 4) is 22.1 Å². The summed E-state index contributed by atoms with van der Waals surface area (Å²) in [5.74, 6) is -0.537. The molecule has 0 aliphatic rings. The molecule has 4 rings (SSSR count). The second kappa shape index (κ2) is 10.6. The minimum atomic E-state index is -3.71. The molecule has 1 N–H and O–H groups in total. The Balaban J connectivity index is 1.39. The number of aromatic nitrogens is 1. The van der Waals surface area contributed by atoms with Crippen LogP contribution in [-0.4, -0.2) is 25.1 Å². The van der Waals surface area contributed by atoms with Crippen molar-refractivity contribution >= 4 is 32.8 Å². The zero-order valence-corrected chi connectivity index (χ0v) is 20.2. The summed E-state index contributed by atoms with van der Waals surface area (Å²) in [6.45, 7) is 2.09. The number of amides is 1. The fourth-order valence-corrected chi connectivity index (χ4v) is 5.43. The van der Waals surface area contributed by atoms with Crippen LogP contribution in [0.2, 0.25) is 0 Å². The maximum Gasteiger partial charge on any atom is 0.239 e. The van der Waals surface area contributed by atoms with Gasteiger partial charge in [-0.1, -0.05) is 61.5 Å². The number of sulfone groups is 1. The Labute approximate surface area is 203 Å². The Bertz CT molecular complexity index is 1370. The van der Waals surface area contributed by atoms with Gasteiger partial charge in [0.15, 0.2) is 15.6 Å². The molecule has 1 aromatic heterocycles. The Morgan fingerprint density at radius 3 is 2.41 bits per heavy atom. The smallest absolute Gasteiger partial charge is 0.239 e. The van der Waals surface area contributed by atoms with Crippen molar-refractivity contribution in [2.75, 3.05) is 11.1 Å². The average molecular weight is 493 g/mol. The lowest BCUT2D eigenvalue weighted by atomic mass is 10.1. The molecule has 0 aliphatic heterocycles. The predicted octanol–water partition coefficient (Wildman–Crippen LogP) is 5.72. The van der Waals surface area contributed by atoms with Gasteiger partial charge in [0.1, 0.15) is 16.5 Å². The van der Waals surface area contributed by atoms with E-state index in [1.807, 2.05) is 42.5 Å². The highest BCUT2D eigenvalue weighted by atomic mass is 32.2. The maximum absolute atomic E-state index is 12.7. The number of rotatable bonds is 9. The molecule has 0 atom stereocenters. The first-order valence-electron chi connectivity index (χ1n) is 10.8. The molecule has 174 valence electrons. The van der Waals surface area contributed by atoms with Crippen molar-refractivity contribution in [1.29, 1.82) is 0 Å². The summed E-state index contributed by atoms with van der Waals surface area (Å²) in [6.07, 6.45) is 0.951. The average Bonchev–Trinajstić information content (AvgIpc) is 3.28. The lowest BCUT2D eigenvalue weighted by Crippen LogP contribution is -2.24. The van der Waals surface area contributed by atoms with Crippen LogP contribution in [0.15, 0.2) is 84.2 Å². The van der Waals surface area contributed by atoms with Crippen LogP contribution >= 0.6 is 11.3 Å². The lowest BCUT2D eigenvalue weighted by Gasteiger charge is -2.12. The number of carbonyl (C=O) groups is 1. The summed E-state index contributed by atoms with van der Waals surface area (Å²) in [4.78, 5) is 17.0. The normalized spacial score (nSPS) is 11.2. The third-order valence-corrected chi connectivity index (χ3v) is 7.39. The molecule has 1 heterocycles. The molecule has 8 heteroatoms. The van der Waals surface area contributed by atoms with E-state index in [2.05, 4.69) is 17.2 Å². The number of aryl methyl sites for hydroxylation is 1. The number of nitrogens with one attached hydrogen (secondary N) is 1. The van der Waals surface area contributed by atoms with E-state index in [9.17, 15) is 13.2 Å². The number of thiazole rings is 1. The van der Waals surface area contributed by atoms with Crippen LogP contribution in [0.5, 0.6) is 11.5 Å². The van der Waals surface area contributed by atoms with Gasteiger partial charge in [-0.05, 0) is 36.2 Å². The van der Waals surface area contributed by atoms with Gasteiger partial charge >= 0.3 is 0 Å². The van der Waals surface area contributed by atoms with E-state index in [1.165, 1.54) is 16.9 Å². The van der Waals surface area contributed by atoms with Crippen molar-refractivity contribution in [1.82, 2.24) is 4.98 Å². The summed E-state index contributed by atoms with van der Waals surface area (Å²) >= 11 is 1.39. The highest BCUT2D eigenvalue weighted by Crippen LogP contribution is 2.29. The van der Waals surface area contributed by atoms with Crippen LogP contribution in [0.25, 0.3) is 10.6 Å². The largest absolute Gasteiger partial charge is 0.455 e. The second-order valence-electron chi connectivity index (χ2n) is 7.69. The monoisotopic (exact) mass is 492 g/mol. The number of para-hydroxylation sites is 3. The quantitative estimate of drug-likeness (QED) is 0.323. The van der Waals surface area contributed by atoms with Crippen LogP contribution in [-0.2, 0) is 26.8 Å². The van der Waals surface area contributed by atoms with Crippen LogP contribution in [0.3, 0.4) is 0 Å². The van der Waals surface area contributed by atoms with Crippen molar-refractivity contribution < 1.29 is 17.9 Å². The third kappa shape index (κ3) is 6.30. The summed E-state index contributed by atoms with van der Waals surface area (Å²) in [7, 11) is -3.71. The van der Waals surface area contributed by atoms with Gasteiger partial charge in [0, 0.05) is 10.9 Å². The van der Waals surface area contributed by atoms with Crippen LogP contribution in [0.1, 0.15) is 18.2 Å². The zero-order valence-electron chi connectivity index (χ0n) is 18.6. The van der Waals surface area contributed by atoms with Gasteiger partial charge in [0.2, 0.25) is 5.91 Å². The molecule has 0 aliphatic carbocycles. The van der Waals surface area contributed by atoms with Gasteiger partial charge in [-0.2, -0.15) is 0 Å². The molecule has 0 fully saturated rings. The number of hydrogen-bond acceptors (Lipinski definition) is 6. The molecule has 34 heavy (non-hydrogen) atoms. The lowest BCUT2D eigenvalue weighted by molar-refractivity contribution is -0.113. The molecule has 0 bridgehead atoms. The molecular weight excluding hydrogens is 468 g/mol. The van der Waals surface area contributed by atoms with Gasteiger partial charge < -0.3 is 10.1 Å². The fraction of sp³-hybridized carbons (Fsp3) is 0.154. The number of nitrogens with zero attached hydrogens (tertiary/aromatic N) is 1. The highest BCUT2D eigenvalue weighted by molar-refractivity contribution is 7.91. The Hall–Kier alpha value is -3.49. The zero-order chi connectivity index (χ0) is 24.0. The fourth-order valence-electron chi connectivity index (χ4n) is 3.33. The minimum Gasteiger partial charge on any atom is -0.455 e. The Kier molecular flexibility index (Phi) is 7.40. The van der Waals surface area contributed by atoms with Gasteiger partial charge in [-0.25, -0.2) is 13.4 Å². The minimum absolute atomic E-state index is 0.299. The summed E-state index contributed by atoms with van der Waals surface area (Å²) in [6, 6.07) is 24.1. The van der Waals surface area contributed by atoms with E-state index in [0.29, 0.717) is 22.9 Å². The number of ether oxygens (including phenoxy) is 1. The molecule has 1 amide bonds.